The van der Waals surface area contributed by atoms with Crippen LogP contribution in [0.5, 0.6) is 0 Å². The molecule has 74 valence electrons. The molecule has 0 aliphatic rings. The van der Waals surface area contributed by atoms with Gasteiger partial charge in [0.2, 0.25) is 0 Å². The van der Waals surface area contributed by atoms with Crippen LogP contribution in [0.4, 0.5) is 5.69 Å². The van der Waals surface area contributed by atoms with E-state index in [1.807, 2.05) is 0 Å². The van der Waals surface area contributed by atoms with E-state index in [4.69, 9.17) is 5.73 Å². The molecule has 0 amide bonds. The lowest BCUT2D eigenvalue weighted by molar-refractivity contribution is 0.875. The molecule has 14 heavy (non-hydrogen) atoms. The van der Waals surface area contributed by atoms with E-state index in [9.17, 15) is 0 Å². The van der Waals surface area contributed by atoms with Crippen molar-refractivity contribution in [1.29, 1.82) is 0 Å². The van der Waals surface area contributed by atoms with Gasteiger partial charge >= 0.3 is 0 Å². The van der Waals surface area contributed by atoms with Gasteiger partial charge in [-0.05, 0) is 19.0 Å². The monoisotopic (exact) mass is 206 g/mol. The van der Waals surface area contributed by atoms with E-state index in [2.05, 4.69) is 35.0 Å². The average molecular weight is 206 g/mol. The Balaban J connectivity index is 2.17. The lowest BCUT2D eigenvalue weighted by Gasteiger charge is -2.02. The average Bonchev–Trinajstić information content (AvgIpc) is 2.63. The zero-order chi connectivity index (χ0) is 9.80. The lowest BCUT2D eigenvalue weighted by Crippen LogP contribution is -2.07. The highest BCUT2D eigenvalue weighted by molar-refractivity contribution is 7.17. The molecule has 2 aromatic rings. The van der Waals surface area contributed by atoms with Crippen molar-refractivity contribution in [2.45, 2.75) is 6.42 Å². The highest BCUT2D eigenvalue weighted by Crippen LogP contribution is 2.29. The molecule has 1 aromatic carbocycles. The number of benzene rings is 1. The van der Waals surface area contributed by atoms with Crippen LogP contribution in [-0.2, 0) is 0 Å². The summed E-state index contributed by atoms with van der Waals surface area (Å²) in [4.78, 5) is 0. The Morgan fingerprint density at radius 3 is 3.00 bits per heavy atom. The molecule has 0 bridgehead atoms. The Hall–Kier alpha value is -1.06. The maximum atomic E-state index is 5.44. The van der Waals surface area contributed by atoms with Gasteiger partial charge in [-0.2, -0.15) is 0 Å². The Morgan fingerprint density at radius 2 is 2.14 bits per heavy atom. The van der Waals surface area contributed by atoms with Crippen LogP contribution < -0.4 is 11.1 Å². The zero-order valence-electron chi connectivity index (χ0n) is 7.99. The molecule has 0 unspecified atom stereocenters. The highest BCUT2D eigenvalue weighted by atomic mass is 32.1. The van der Waals surface area contributed by atoms with Crippen LogP contribution in [0.25, 0.3) is 10.1 Å². The summed E-state index contributed by atoms with van der Waals surface area (Å²) in [6.45, 7) is 1.70. The van der Waals surface area contributed by atoms with E-state index >= 15 is 0 Å². The second kappa shape index (κ2) is 4.44. The van der Waals surface area contributed by atoms with Gasteiger partial charge in [-0.25, -0.2) is 0 Å². The van der Waals surface area contributed by atoms with Crippen LogP contribution in [0.15, 0.2) is 29.6 Å². The van der Waals surface area contributed by atoms with Gasteiger partial charge in [0, 0.05) is 22.0 Å². The Bertz CT molecular complexity index is 408. The summed E-state index contributed by atoms with van der Waals surface area (Å²) in [6.07, 6.45) is 1.02. The van der Waals surface area contributed by atoms with Crippen LogP contribution in [0, 0.1) is 0 Å². The number of nitrogens with one attached hydrogen (secondary N) is 1. The summed E-state index contributed by atoms with van der Waals surface area (Å²) in [5.74, 6) is 0. The number of hydrogen-bond donors (Lipinski definition) is 2. The third-order valence-electron chi connectivity index (χ3n) is 2.18. The van der Waals surface area contributed by atoms with Gasteiger partial charge in [0.25, 0.3) is 0 Å². The molecule has 0 aliphatic carbocycles. The van der Waals surface area contributed by atoms with Crippen molar-refractivity contribution < 1.29 is 0 Å². The summed E-state index contributed by atoms with van der Waals surface area (Å²) in [5, 5.41) is 6.88. The molecule has 0 atom stereocenters. The van der Waals surface area contributed by atoms with E-state index in [-0.39, 0.29) is 0 Å². The minimum atomic E-state index is 0.745. The number of fused-ring (bicyclic) bond motifs is 1. The quantitative estimate of drug-likeness (QED) is 0.755. The van der Waals surface area contributed by atoms with Gasteiger partial charge in [0.1, 0.15) is 0 Å². The Morgan fingerprint density at radius 1 is 1.29 bits per heavy atom. The van der Waals surface area contributed by atoms with Crippen LogP contribution >= 0.6 is 11.3 Å². The fourth-order valence-electron chi connectivity index (χ4n) is 1.44. The van der Waals surface area contributed by atoms with Gasteiger partial charge in [-0.3, -0.25) is 0 Å². The molecule has 3 N–H and O–H groups in total. The van der Waals surface area contributed by atoms with E-state index < -0.39 is 0 Å². The molecule has 2 rings (SSSR count). The van der Waals surface area contributed by atoms with Crippen LogP contribution in [0.2, 0.25) is 0 Å². The number of anilines is 1. The molecule has 3 heteroatoms. The van der Waals surface area contributed by atoms with Gasteiger partial charge in [-0.15, -0.1) is 11.3 Å². The van der Waals surface area contributed by atoms with Crippen molar-refractivity contribution in [3.8, 4) is 0 Å². The van der Waals surface area contributed by atoms with Gasteiger partial charge in [-0.1, -0.05) is 18.2 Å². The standard InChI is InChI=1S/C11H14N2S/c12-6-3-7-13-10-8-14-11-5-2-1-4-9(10)11/h1-2,4-5,8,13H,3,6-7,12H2. The Kier molecular flexibility index (Phi) is 3.01. The first-order valence-electron chi connectivity index (χ1n) is 4.82. The summed E-state index contributed by atoms with van der Waals surface area (Å²) in [5.41, 5.74) is 6.68. The molecule has 1 aromatic heterocycles. The first-order chi connectivity index (χ1) is 6.92. The number of thiophene rings is 1. The zero-order valence-corrected chi connectivity index (χ0v) is 8.81. The van der Waals surface area contributed by atoms with Crippen molar-refractivity contribution >= 4 is 27.1 Å². The molecular weight excluding hydrogens is 192 g/mol. The first kappa shape index (κ1) is 9.49. The normalized spacial score (nSPS) is 10.6. The summed E-state index contributed by atoms with van der Waals surface area (Å²) < 4.78 is 1.34. The number of hydrogen-bond acceptors (Lipinski definition) is 3. The van der Waals surface area contributed by atoms with Crippen molar-refractivity contribution in [3.63, 3.8) is 0 Å². The maximum Gasteiger partial charge on any atom is 0.0528 e. The second-order valence-electron chi connectivity index (χ2n) is 3.21. The molecule has 0 radical (unpaired) electrons. The SMILES string of the molecule is NCCCNc1csc2ccccc12. The van der Waals surface area contributed by atoms with Gasteiger partial charge < -0.3 is 11.1 Å². The third-order valence-corrected chi connectivity index (χ3v) is 3.14. The van der Waals surface area contributed by atoms with E-state index in [1.165, 1.54) is 15.8 Å². The molecule has 0 saturated heterocycles. The molecule has 0 aliphatic heterocycles. The molecule has 0 spiro atoms. The predicted octanol–water partition coefficient (Wildman–Crippen LogP) is 2.66. The summed E-state index contributed by atoms with van der Waals surface area (Å²) in [7, 11) is 0. The number of nitrogens with two attached hydrogens (primary N) is 1. The smallest absolute Gasteiger partial charge is 0.0528 e. The van der Waals surface area contributed by atoms with E-state index in [1.54, 1.807) is 11.3 Å². The molecule has 1 heterocycles. The van der Waals surface area contributed by atoms with E-state index in [0.29, 0.717) is 0 Å². The fraction of sp³-hybridized carbons (Fsp3) is 0.273. The topological polar surface area (TPSA) is 38.0 Å². The minimum absolute atomic E-state index is 0.745. The fourth-order valence-corrected chi connectivity index (χ4v) is 2.36. The van der Waals surface area contributed by atoms with Crippen molar-refractivity contribution in [1.82, 2.24) is 0 Å². The minimum Gasteiger partial charge on any atom is -0.384 e. The molecule has 0 fully saturated rings. The third kappa shape index (κ3) is 1.89. The molecule has 0 saturated carbocycles. The van der Waals surface area contributed by atoms with E-state index in [0.717, 1.165) is 19.5 Å². The Labute approximate surface area is 87.7 Å². The van der Waals surface area contributed by atoms with Crippen LogP contribution in [0.1, 0.15) is 6.42 Å². The molecular formula is C11H14N2S. The number of rotatable bonds is 4. The largest absolute Gasteiger partial charge is 0.384 e. The van der Waals surface area contributed by atoms with Gasteiger partial charge in [0.15, 0.2) is 0 Å². The first-order valence-corrected chi connectivity index (χ1v) is 5.70. The van der Waals surface area contributed by atoms with Crippen molar-refractivity contribution in [2.24, 2.45) is 5.73 Å². The van der Waals surface area contributed by atoms with Crippen LogP contribution in [-0.4, -0.2) is 13.1 Å². The van der Waals surface area contributed by atoms with Crippen LogP contribution in [0.3, 0.4) is 0 Å². The van der Waals surface area contributed by atoms with Crippen molar-refractivity contribution in [2.75, 3.05) is 18.4 Å². The van der Waals surface area contributed by atoms with Gasteiger partial charge in [0.05, 0.1) is 5.69 Å². The second-order valence-corrected chi connectivity index (χ2v) is 4.13. The predicted molar refractivity (Wildman–Crippen MR) is 64.0 cm³/mol. The van der Waals surface area contributed by atoms with Crippen molar-refractivity contribution in [3.05, 3.63) is 29.6 Å². The highest BCUT2D eigenvalue weighted by Gasteiger charge is 2.00. The lowest BCUT2D eigenvalue weighted by atomic mass is 10.2. The maximum absolute atomic E-state index is 5.44. The summed E-state index contributed by atoms with van der Waals surface area (Å²) in [6, 6.07) is 8.44. The summed E-state index contributed by atoms with van der Waals surface area (Å²) >= 11 is 1.78. The molecule has 2 nitrogen and oxygen atoms in total.